The van der Waals surface area contributed by atoms with E-state index in [1.807, 2.05) is 12.1 Å². The highest BCUT2D eigenvalue weighted by Gasteiger charge is 2.07. The minimum Gasteiger partial charge on any atom is -0.370 e. The molecule has 2 aromatic carbocycles. The van der Waals surface area contributed by atoms with Gasteiger partial charge in [0.05, 0.1) is 6.54 Å². The molecule has 0 saturated carbocycles. The molecule has 0 fully saturated rings. The van der Waals surface area contributed by atoms with Crippen LogP contribution in [-0.4, -0.2) is 18.9 Å². The lowest BCUT2D eigenvalue weighted by Gasteiger charge is -2.14. The van der Waals surface area contributed by atoms with Gasteiger partial charge < -0.3 is 16.4 Å². The number of rotatable bonds is 6. The van der Waals surface area contributed by atoms with Gasteiger partial charge >= 0.3 is 0 Å². The molecule has 132 valence electrons. The number of anilines is 1. The molecule has 5 nitrogen and oxygen atoms in total. The van der Waals surface area contributed by atoms with Crippen LogP contribution in [0.4, 0.5) is 5.69 Å². The number of para-hydroxylation sites is 1. The normalized spacial score (nSPS) is 11.2. The molecule has 0 aliphatic carbocycles. The van der Waals surface area contributed by atoms with E-state index in [4.69, 9.17) is 5.73 Å². The van der Waals surface area contributed by atoms with Crippen LogP contribution in [-0.2, 0) is 19.4 Å². The van der Waals surface area contributed by atoms with E-state index < -0.39 is 0 Å². The highest BCUT2D eigenvalue weighted by Crippen LogP contribution is 2.22. The molecule has 0 atom stereocenters. The van der Waals surface area contributed by atoms with Gasteiger partial charge in [-0.05, 0) is 41.7 Å². The Morgan fingerprint density at radius 3 is 2.16 bits per heavy atom. The van der Waals surface area contributed by atoms with Gasteiger partial charge in [-0.1, -0.05) is 44.2 Å². The van der Waals surface area contributed by atoms with E-state index in [1.54, 1.807) is 19.2 Å². The Balaban J connectivity index is 2.09. The van der Waals surface area contributed by atoms with Crippen molar-refractivity contribution in [3.05, 3.63) is 64.7 Å². The standard InChI is InChI=1S/C20H26N4O/c1-4-15-7-6-8-16(5-2)18(15)24-20(21)23-13-14-9-11-17(12-10-14)19(25)22-3/h6-12H,4-5,13H2,1-3H3,(H,22,25)(H3,21,23,24). The van der Waals surface area contributed by atoms with Gasteiger partial charge in [-0.15, -0.1) is 0 Å². The van der Waals surface area contributed by atoms with E-state index in [1.165, 1.54) is 11.1 Å². The molecule has 0 aliphatic heterocycles. The van der Waals surface area contributed by atoms with Crippen molar-refractivity contribution >= 4 is 17.6 Å². The largest absolute Gasteiger partial charge is 0.370 e. The fourth-order valence-corrected chi connectivity index (χ4v) is 2.65. The molecule has 0 saturated heterocycles. The Morgan fingerprint density at radius 2 is 1.64 bits per heavy atom. The first kappa shape index (κ1) is 18.5. The summed E-state index contributed by atoms with van der Waals surface area (Å²) in [5.74, 6) is 0.297. The van der Waals surface area contributed by atoms with Gasteiger partial charge in [0.25, 0.3) is 5.91 Å². The molecule has 1 amide bonds. The Hall–Kier alpha value is -2.82. The lowest BCUT2D eigenvalue weighted by molar-refractivity contribution is 0.0963. The summed E-state index contributed by atoms with van der Waals surface area (Å²) in [7, 11) is 1.62. The van der Waals surface area contributed by atoms with Crippen molar-refractivity contribution in [2.24, 2.45) is 10.7 Å². The van der Waals surface area contributed by atoms with Crippen molar-refractivity contribution in [3.8, 4) is 0 Å². The maximum Gasteiger partial charge on any atom is 0.251 e. The summed E-state index contributed by atoms with van der Waals surface area (Å²) >= 11 is 0. The second-order valence-corrected chi connectivity index (χ2v) is 5.76. The number of hydrogen-bond donors (Lipinski definition) is 3. The van der Waals surface area contributed by atoms with Crippen LogP contribution >= 0.6 is 0 Å². The number of hydrogen-bond acceptors (Lipinski definition) is 2. The van der Waals surface area contributed by atoms with E-state index in [0.717, 1.165) is 24.1 Å². The lowest BCUT2D eigenvalue weighted by atomic mass is 10.0. The summed E-state index contributed by atoms with van der Waals surface area (Å²) in [5, 5.41) is 5.86. The van der Waals surface area contributed by atoms with Crippen molar-refractivity contribution in [2.75, 3.05) is 12.4 Å². The van der Waals surface area contributed by atoms with Crippen LogP contribution in [0, 0.1) is 0 Å². The summed E-state index contributed by atoms with van der Waals surface area (Å²) in [5.41, 5.74) is 11.2. The van der Waals surface area contributed by atoms with Crippen LogP contribution in [0.15, 0.2) is 47.5 Å². The number of benzene rings is 2. The van der Waals surface area contributed by atoms with Crippen molar-refractivity contribution in [1.82, 2.24) is 5.32 Å². The van der Waals surface area contributed by atoms with Crippen LogP contribution in [0.5, 0.6) is 0 Å². The average molecular weight is 338 g/mol. The SMILES string of the molecule is CCc1cccc(CC)c1NC(N)=NCc1ccc(C(=O)NC)cc1. The molecule has 0 aromatic heterocycles. The molecule has 0 radical (unpaired) electrons. The first-order valence-electron chi connectivity index (χ1n) is 8.57. The molecule has 0 bridgehead atoms. The average Bonchev–Trinajstić information content (AvgIpc) is 2.66. The van der Waals surface area contributed by atoms with E-state index in [-0.39, 0.29) is 5.91 Å². The minimum absolute atomic E-state index is 0.0977. The molecule has 2 aromatic rings. The van der Waals surface area contributed by atoms with Gasteiger partial charge in [0.2, 0.25) is 0 Å². The smallest absolute Gasteiger partial charge is 0.251 e. The van der Waals surface area contributed by atoms with Crippen LogP contribution in [0.3, 0.4) is 0 Å². The highest BCUT2D eigenvalue weighted by atomic mass is 16.1. The number of carbonyl (C=O) groups is 1. The van der Waals surface area contributed by atoms with Crippen molar-refractivity contribution in [1.29, 1.82) is 0 Å². The highest BCUT2D eigenvalue weighted by molar-refractivity contribution is 5.94. The number of nitrogens with one attached hydrogen (secondary N) is 2. The summed E-state index contributed by atoms with van der Waals surface area (Å²) in [6, 6.07) is 13.6. The van der Waals surface area contributed by atoms with Gasteiger partial charge in [-0.3, -0.25) is 4.79 Å². The third kappa shape index (κ3) is 4.83. The predicted molar refractivity (Wildman–Crippen MR) is 104 cm³/mol. The topological polar surface area (TPSA) is 79.5 Å². The minimum atomic E-state index is -0.0977. The predicted octanol–water partition coefficient (Wildman–Crippen LogP) is 3.10. The van der Waals surface area contributed by atoms with Crippen LogP contribution in [0.25, 0.3) is 0 Å². The molecule has 0 heterocycles. The second kappa shape index (κ2) is 8.87. The van der Waals surface area contributed by atoms with Crippen molar-refractivity contribution in [3.63, 3.8) is 0 Å². The zero-order chi connectivity index (χ0) is 18.2. The third-order valence-electron chi connectivity index (χ3n) is 4.13. The lowest BCUT2D eigenvalue weighted by Crippen LogP contribution is -2.24. The summed E-state index contributed by atoms with van der Waals surface area (Å²) in [4.78, 5) is 16.0. The molecule has 0 unspecified atom stereocenters. The summed E-state index contributed by atoms with van der Waals surface area (Å²) in [6.45, 7) is 4.71. The number of aliphatic imine (C=N–C) groups is 1. The number of nitrogens with two attached hydrogens (primary N) is 1. The molecule has 2 rings (SSSR count). The van der Waals surface area contributed by atoms with Gasteiger partial charge in [0.1, 0.15) is 0 Å². The van der Waals surface area contributed by atoms with Gasteiger partial charge in [0.15, 0.2) is 5.96 Å². The zero-order valence-corrected chi connectivity index (χ0v) is 15.1. The van der Waals surface area contributed by atoms with E-state index in [9.17, 15) is 4.79 Å². The fourth-order valence-electron chi connectivity index (χ4n) is 2.65. The molecular formula is C20H26N4O. The maximum atomic E-state index is 11.5. The van der Waals surface area contributed by atoms with E-state index in [0.29, 0.717) is 18.1 Å². The molecule has 25 heavy (non-hydrogen) atoms. The van der Waals surface area contributed by atoms with Gasteiger partial charge in [-0.25, -0.2) is 4.99 Å². The van der Waals surface area contributed by atoms with E-state index >= 15 is 0 Å². The van der Waals surface area contributed by atoms with Crippen LogP contribution in [0.1, 0.15) is 40.9 Å². The number of nitrogens with zero attached hydrogens (tertiary/aromatic N) is 1. The Labute approximate surface area is 149 Å². The summed E-state index contributed by atoms with van der Waals surface area (Å²) in [6.07, 6.45) is 1.87. The zero-order valence-electron chi connectivity index (χ0n) is 15.1. The van der Waals surface area contributed by atoms with Crippen molar-refractivity contribution < 1.29 is 4.79 Å². The number of guanidine groups is 1. The third-order valence-corrected chi connectivity index (χ3v) is 4.13. The van der Waals surface area contributed by atoms with Crippen LogP contribution in [0.2, 0.25) is 0 Å². The first-order chi connectivity index (χ1) is 12.1. The van der Waals surface area contributed by atoms with Crippen LogP contribution < -0.4 is 16.4 Å². The Morgan fingerprint density at radius 1 is 1.04 bits per heavy atom. The number of carbonyl (C=O) groups excluding carboxylic acids is 1. The maximum absolute atomic E-state index is 11.5. The summed E-state index contributed by atoms with van der Waals surface area (Å²) < 4.78 is 0. The second-order valence-electron chi connectivity index (χ2n) is 5.76. The molecule has 4 N–H and O–H groups in total. The first-order valence-corrected chi connectivity index (χ1v) is 8.57. The quantitative estimate of drug-likeness (QED) is 0.559. The molecule has 5 heteroatoms. The Bertz CT molecular complexity index is 729. The van der Waals surface area contributed by atoms with E-state index in [2.05, 4.69) is 47.7 Å². The molecular weight excluding hydrogens is 312 g/mol. The number of amides is 1. The van der Waals surface area contributed by atoms with Gasteiger partial charge in [-0.2, -0.15) is 0 Å². The molecule has 0 aliphatic rings. The van der Waals surface area contributed by atoms with Gasteiger partial charge in [0, 0.05) is 18.3 Å². The molecule has 0 spiro atoms. The fraction of sp³-hybridized carbons (Fsp3) is 0.300. The Kier molecular flexibility index (Phi) is 6.57. The number of aryl methyl sites for hydroxylation is 2. The monoisotopic (exact) mass is 338 g/mol. The van der Waals surface area contributed by atoms with Crippen molar-refractivity contribution in [2.45, 2.75) is 33.2 Å².